The molecule has 2 aliphatic heterocycles. The van der Waals surface area contributed by atoms with Gasteiger partial charge in [0.15, 0.2) is 0 Å². The van der Waals surface area contributed by atoms with Crippen molar-refractivity contribution in [2.75, 3.05) is 39.3 Å². The number of aromatic amines is 2. The van der Waals surface area contributed by atoms with E-state index in [2.05, 4.69) is 163 Å². The summed E-state index contributed by atoms with van der Waals surface area (Å²) in [4.78, 5) is 24.3. The van der Waals surface area contributed by atoms with Crippen molar-refractivity contribution in [1.82, 2.24) is 40.0 Å². The van der Waals surface area contributed by atoms with Gasteiger partial charge in [-0.05, 0) is 113 Å². The van der Waals surface area contributed by atoms with Crippen LogP contribution in [0.3, 0.4) is 0 Å². The van der Waals surface area contributed by atoms with Crippen molar-refractivity contribution in [1.29, 1.82) is 0 Å². The van der Waals surface area contributed by atoms with Crippen LogP contribution in [-0.4, -0.2) is 86.0 Å². The van der Waals surface area contributed by atoms with Crippen LogP contribution in [-0.2, 0) is 12.4 Å². The summed E-state index contributed by atoms with van der Waals surface area (Å²) in [5.74, 6) is 2.76. The largest absolute Gasteiger partial charge is 0.341 e. The van der Waals surface area contributed by atoms with E-state index in [-0.39, 0.29) is 6.04 Å². The molecule has 4 aromatic carbocycles. The third kappa shape index (κ3) is 10.4. The lowest BCUT2D eigenvalue weighted by Crippen LogP contribution is -2.50. The second kappa shape index (κ2) is 18.7. The van der Waals surface area contributed by atoms with E-state index in [1.165, 1.54) is 33.4 Å². The molecule has 0 radical (unpaired) electrons. The number of halogens is 1. The Labute approximate surface area is 333 Å². The third-order valence-electron chi connectivity index (χ3n) is 11.3. The van der Waals surface area contributed by atoms with Gasteiger partial charge in [0, 0.05) is 63.8 Å². The number of piperazine rings is 2. The minimum absolute atomic E-state index is 0.287. The van der Waals surface area contributed by atoms with Gasteiger partial charge in [-0.25, -0.2) is 9.97 Å². The Hall–Kier alpha value is -4.05. The van der Waals surface area contributed by atoms with E-state index in [1.807, 2.05) is 12.1 Å². The summed E-state index contributed by atoms with van der Waals surface area (Å²) < 4.78 is 0. The molecule has 3 N–H and O–H groups in total. The normalized spacial score (nSPS) is 18.4. The molecule has 2 fully saturated rings. The number of aryl methyl sites for hydroxylation is 4. The second-order valence-corrected chi connectivity index (χ2v) is 16.2. The summed E-state index contributed by atoms with van der Waals surface area (Å²) in [6.07, 6.45) is 0. The zero-order valence-electron chi connectivity index (χ0n) is 34.2. The number of nitrogens with one attached hydrogen (secondary N) is 3. The summed E-state index contributed by atoms with van der Waals surface area (Å²) in [6.45, 7) is 25.0. The van der Waals surface area contributed by atoms with Gasteiger partial charge in [-0.15, -0.1) is 11.6 Å². The smallest absolute Gasteiger partial charge is 0.126 e. The number of fused-ring (bicyclic) bond motifs is 2. The number of imidazole rings is 2. The molecule has 2 atom stereocenters. The van der Waals surface area contributed by atoms with Crippen molar-refractivity contribution in [3.63, 3.8) is 0 Å². The highest BCUT2D eigenvalue weighted by Crippen LogP contribution is 2.29. The molecule has 0 saturated carbocycles. The number of rotatable bonds is 7. The van der Waals surface area contributed by atoms with Gasteiger partial charge in [-0.2, -0.15) is 0 Å². The number of hydrogen-bond donors (Lipinski definition) is 3. The van der Waals surface area contributed by atoms with E-state index in [0.717, 1.165) is 79.5 Å². The van der Waals surface area contributed by atoms with Crippen molar-refractivity contribution in [2.24, 2.45) is 0 Å². The van der Waals surface area contributed by atoms with Crippen molar-refractivity contribution in [2.45, 2.75) is 92.0 Å². The Morgan fingerprint density at radius 3 is 1.76 bits per heavy atom. The average Bonchev–Trinajstić information content (AvgIpc) is 3.83. The Morgan fingerprint density at radius 2 is 1.18 bits per heavy atom. The van der Waals surface area contributed by atoms with Gasteiger partial charge in [0.25, 0.3) is 0 Å². The number of H-pyrrole nitrogens is 2. The zero-order valence-corrected chi connectivity index (χ0v) is 34.9. The molecule has 8 rings (SSSR count). The molecule has 2 aromatic heterocycles. The van der Waals surface area contributed by atoms with Crippen molar-refractivity contribution >= 4 is 33.7 Å². The Morgan fingerprint density at radius 1 is 0.636 bits per heavy atom. The standard InChI is InChI=1S/C23H30N4.C14H20N4.C9H11Cl/c1-16(2)26-11-12-27(14-19-10-9-17(3)18(4)13-19)22(15-26)23-24-20-7-5-6-8-21(20)25-23;1-10(2)18-8-7-15-13(9-18)14-16-11-5-3-4-6-12(11)17-14;1-7-3-4-9(6-10)5-8(7)2/h5-10,13,16,22H,11-12,14-15H2,1-4H3,(H,24,25);3-6,10,13,15H,7-9H2,1-2H3,(H,16,17);3-5H,6H2,1-2H3. The first-order valence-corrected chi connectivity index (χ1v) is 20.6. The molecule has 0 aliphatic carbocycles. The van der Waals surface area contributed by atoms with Gasteiger partial charge >= 0.3 is 0 Å². The van der Waals surface area contributed by atoms with E-state index in [0.29, 0.717) is 24.0 Å². The molecule has 6 aromatic rings. The van der Waals surface area contributed by atoms with Crippen molar-refractivity contribution in [3.05, 3.63) is 130 Å². The predicted molar refractivity (Wildman–Crippen MR) is 231 cm³/mol. The van der Waals surface area contributed by atoms with Gasteiger partial charge < -0.3 is 15.3 Å². The van der Waals surface area contributed by atoms with Crippen LogP contribution in [0.1, 0.15) is 84.8 Å². The molecule has 2 unspecified atom stereocenters. The van der Waals surface area contributed by atoms with Gasteiger partial charge in [-0.1, -0.05) is 60.7 Å². The number of alkyl halides is 1. The Bertz CT molecular complexity index is 2070. The maximum absolute atomic E-state index is 5.65. The van der Waals surface area contributed by atoms with Gasteiger partial charge in [0.05, 0.1) is 34.2 Å². The zero-order chi connectivity index (χ0) is 39.1. The van der Waals surface area contributed by atoms with Crippen LogP contribution in [0.25, 0.3) is 22.1 Å². The summed E-state index contributed by atoms with van der Waals surface area (Å²) in [5.41, 5.74) is 12.3. The monoisotopic (exact) mass is 760 g/mol. The van der Waals surface area contributed by atoms with E-state index >= 15 is 0 Å². The number of nitrogens with zero attached hydrogens (tertiary/aromatic N) is 5. The first-order chi connectivity index (χ1) is 26.5. The third-order valence-corrected chi connectivity index (χ3v) is 11.6. The molecule has 0 spiro atoms. The molecule has 292 valence electrons. The highest BCUT2D eigenvalue weighted by atomic mass is 35.5. The first kappa shape index (κ1) is 40.6. The molecule has 0 bridgehead atoms. The van der Waals surface area contributed by atoms with Crippen LogP contribution in [0.15, 0.2) is 84.9 Å². The predicted octanol–water partition coefficient (Wildman–Crippen LogP) is 9.41. The molecule has 0 amide bonds. The van der Waals surface area contributed by atoms with Gasteiger partial charge in [0.2, 0.25) is 0 Å². The minimum atomic E-state index is 0.287. The lowest BCUT2D eigenvalue weighted by atomic mass is 10.0. The van der Waals surface area contributed by atoms with E-state index < -0.39 is 0 Å². The van der Waals surface area contributed by atoms with E-state index in [4.69, 9.17) is 16.6 Å². The topological polar surface area (TPSA) is 79.1 Å². The molecule has 8 nitrogen and oxygen atoms in total. The lowest BCUT2D eigenvalue weighted by Gasteiger charge is -2.42. The summed E-state index contributed by atoms with van der Waals surface area (Å²) >= 11 is 5.65. The molecule has 2 aliphatic rings. The summed E-state index contributed by atoms with van der Waals surface area (Å²) in [5, 5.41) is 3.55. The molecular formula is C46H61ClN8. The van der Waals surface area contributed by atoms with Crippen LogP contribution in [0.5, 0.6) is 0 Å². The molecular weight excluding hydrogens is 700 g/mol. The second-order valence-electron chi connectivity index (χ2n) is 15.9. The quantitative estimate of drug-likeness (QED) is 0.141. The molecule has 4 heterocycles. The van der Waals surface area contributed by atoms with Crippen molar-refractivity contribution < 1.29 is 0 Å². The molecule has 55 heavy (non-hydrogen) atoms. The lowest BCUT2D eigenvalue weighted by molar-refractivity contribution is 0.0471. The van der Waals surface area contributed by atoms with Crippen LogP contribution >= 0.6 is 11.6 Å². The van der Waals surface area contributed by atoms with Crippen LogP contribution in [0, 0.1) is 27.7 Å². The number of hydrogen-bond acceptors (Lipinski definition) is 6. The number of aromatic nitrogens is 4. The maximum Gasteiger partial charge on any atom is 0.126 e. The Balaban J connectivity index is 0.000000157. The van der Waals surface area contributed by atoms with E-state index in [1.54, 1.807) is 0 Å². The van der Waals surface area contributed by atoms with Crippen LogP contribution in [0.4, 0.5) is 0 Å². The fraction of sp³-hybridized carbons (Fsp3) is 0.435. The SMILES string of the molecule is CC(C)N1CCNC(c2nc3ccccc3[nH]2)C1.Cc1ccc(CCl)cc1C.Cc1ccc(CN2CCN(C(C)C)CC2c2nc3ccccc3[nH]2)cc1C. The maximum atomic E-state index is 5.65. The molecule has 2 saturated heterocycles. The van der Waals surface area contributed by atoms with Crippen molar-refractivity contribution in [3.8, 4) is 0 Å². The summed E-state index contributed by atoms with van der Waals surface area (Å²) in [6, 6.07) is 31.4. The number of para-hydroxylation sites is 4. The van der Waals surface area contributed by atoms with Gasteiger partial charge in [-0.3, -0.25) is 14.7 Å². The number of benzene rings is 4. The van der Waals surface area contributed by atoms with Crippen LogP contribution in [0.2, 0.25) is 0 Å². The van der Waals surface area contributed by atoms with E-state index in [9.17, 15) is 0 Å². The minimum Gasteiger partial charge on any atom is -0.341 e. The fourth-order valence-electron chi connectivity index (χ4n) is 7.48. The summed E-state index contributed by atoms with van der Waals surface area (Å²) in [7, 11) is 0. The highest BCUT2D eigenvalue weighted by Gasteiger charge is 2.31. The fourth-order valence-corrected chi connectivity index (χ4v) is 7.64. The highest BCUT2D eigenvalue weighted by molar-refractivity contribution is 6.17. The average molecular weight is 762 g/mol. The first-order valence-electron chi connectivity index (χ1n) is 20.0. The van der Waals surface area contributed by atoms with Gasteiger partial charge in [0.1, 0.15) is 11.6 Å². The van der Waals surface area contributed by atoms with Crippen LogP contribution < -0.4 is 5.32 Å². The Kier molecular flexibility index (Phi) is 13.8. The molecule has 9 heteroatoms.